The Hall–Kier alpha value is -1.56. The number of hydrogen-bond acceptors (Lipinski definition) is 3. The molecule has 6 heteroatoms. The highest BCUT2D eigenvalue weighted by Crippen LogP contribution is 2.56. The number of nitrogens with one attached hydrogen (secondary N) is 1. The number of amides is 2. The maximum atomic E-state index is 13.6. The number of hydrogen-bond donors (Lipinski definition) is 2. The van der Waals surface area contributed by atoms with Crippen molar-refractivity contribution >= 4 is 29.0 Å². The highest BCUT2D eigenvalue weighted by Gasteiger charge is 2.66. The van der Waals surface area contributed by atoms with E-state index in [0.717, 1.165) is 35.4 Å². The van der Waals surface area contributed by atoms with Crippen molar-refractivity contribution in [1.82, 2.24) is 4.90 Å². The molecule has 1 saturated carbocycles. The van der Waals surface area contributed by atoms with Crippen molar-refractivity contribution in [3.05, 3.63) is 15.8 Å². The first kappa shape index (κ1) is 18.2. The molecule has 1 aliphatic carbocycles. The van der Waals surface area contributed by atoms with Gasteiger partial charge in [0.15, 0.2) is 0 Å². The van der Waals surface area contributed by atoms with Crippen LogP contribution in [-0.4, -0.2) is 34.1 Å². The second-order valence-electron chi connectivity index (χ2n) is 8.51. The molecule has 1 saturated heterocycles. The molecular weight excluding hydrogens is 336 g/mol. The van der Waals surface area contributed by atoms with E-state index in [4.69, 9.17) is 0 Å². The van der Waals surface area contributed by atoms with Crippen LogP contribution in [0.4, 0.5) is 10.5 Å². The third-order valence-electron chi connectivity index (χ3n) is 6.16. The highest BCUT2D eigenvalue weighted by molar-refractivity contribution is 7.10. The van der Waals surface area contributed by atoms with Gasteiger partial charge in [0.1, 0.15) is 5.54 Å². The van der Waals surface area contributed by atoms with Crippen LogP contribution in [0.5, 0.6) is 0 Å². The lowest BCUT2D eigenvalue weighted by molar-refractivity contribution is -0.135. The molecule has 0 radical (unpaired) electrons. The van der Waals surface area contributed by atoms with Crippen LogP contribution in [0.25, 0.3) is 0 Å². The fraction of sp³-hybridized carbons (Fsp3) is 0.684. The van der Waals surface area contributed by atoms with Crippen LogP contribution in [0.2, 0.25) is 0 Å². The Labute approximate surface area is 153 Å². The predicted molar refractivity (Wildman–Crippen MR) is 100 cm³/mol. The molecule has 2 aliphatic rings. The van der Waals surface area contributed by atoms with Crippen LogP contribution in [0.3, 0.4) is 0 Å². The van der Waals surface area contributed by atoms with Gasteiger partial charge in [0.2, 0.25) is 0 Å². The summed E-state index contributed by atoms with van der Waals surface area (Å²) in [6, 6.07) is 0. The minimum absolute atomic E-state index is 0.0860. The van der Waals surface area contributed by atoms with Crippen molar-refractivity contribution in [3.63, 3.8) is 0 Å². The van der Waals surface area contributed by atoms with E-state index < -0.39 is 17.0 Å². The summed E-state index contributed by atoms with van der Waals surface area (Å²) >= 11 is 1.60. The summed E-state index contributed by atoms with van der Waals surface area (Å²) < 4.78 is 0. The minimum atomic E-state index is -1.03. The maximum Gasteiger partial charge on any atom is 0.408 e. The summed E-state index contributed by atoms with van der Waals surface area (Å²) in [5.74, 6) is 0.204. The van der Waals surface area contributed by atoms with Gasteiger partial charge in [0, 0.05) is 11.4 Å². The van der Waals surface area contributed by atoms with Crippen molar-refractivity contribution in [3.8, 4) is 0 Å². The molecule has 2 fully saturated rings. The van der Waals surface area contributed by atoms with Gasteiger partial charge in [0.25, 0.3) is 5.91 Å². The number of anilines is 1. The molecule has 2 amide bonds. The second-order valence-corrected chi connectivity index (χ2v) is 9.59. The van der Waals surface area contributed by atoms with Gasteiger partial charge in [-0.1, -0.05) is 27.2 Å². The number of carbonyl (C=O) groups excluding carboxylic acids is 1. The zero-order valence-electron chi connectivity index (χ0n) is 15.7. The first-order chi connectivity index (χ1) is 11.6. The molecule has 3 unspecified atom stereocenters. The van der Waals surface area contributed by atoms with Crippen molar-refractivity contribution in [1.29, 1.82) is 0 Å². The van der Waals surface area contributed by atoms with Gasteiger partial charge in [-0.3, -0.25) is 9.69 Å². The second kappa shape index (κ2) is 6.01. The minimum Gasteiger partial charge on any atom is -0.465 e. The molecule has 25 heavy (non-hydrogen) atoms. The van der Waals surface area contributed by atoms with Crippen LogP contribution in [0.1, 0.15) is 50.5 Å². The van der Waals surface area contributed by atoms with Gasteiger partial charge in [-0.25, -0.2) is 4.79 Å². The third kappa shape index (κ3) is 2.57. The van der Waals surface area contributed by atoms with Crippen LogP contribution in [0, 0.1) is 31.1 Å². The summed E-state index contributed by atoms with van der Waals surface area (Å²) in [5, 5.41) is 15.0. The van der Waals surface area contributed by atoms with Crippen molar-refractivity contribution < 1.29 is 14.7 Å². The molecule has 2 heterocycles. The Bertz CT molecular complexity index is 687. The zero-order chi connectivity index (χ0) is 18.6. The van der Waals surface area contributed by atoms with E-state index in [1.807, 2.05) is 40.0 Å². The van der Waals surface area contributed by atoms with Crippen molar-refractivity contribution in [2.75, 3.05) is 11.9 Å². The lowest BCUT2D eigenvalue weighted by Gasteiger charge is -2.48. The number of rotatable bonds is 2. The van der Waals surface area contributed by atoms with Crippen LogP contribution in [0.15, 0.2) is 5.38 Å². The Balaban J connectivity index is 2.09. The smallest absolute Gasteiger partial charge is 0.408 e. The topological polar surface area (TPSA) is 69.6 Å². The number of carboxylic acid groups (broad SMARTS) is 1. The van der Waals surface area contributed by atoms with E-state index in [1.54, 1.807) is 11.3 Å². The van der Waals surface area contributed by atoms with E-state index in [9.17, 15) is 14.7 Å². The van der Waals surface area contributed by atoms with Gasteiger partial charge >= 0.3 is 6.09 Å². The third-order valence-corrected chi connectivity index (χ3v) is 7.19. The van der Waals surface area contributed by atoms with E-state index in [0.29, 0.717) is 6.54 Å². The average molecular weight is 365 g/mol. The van der Waals surface area contributed by atoms with Crippen LogP contribution in [-0.2, 0) is 4.79 Å². The fourth-order valence-corrected chi connectivity index (χ4v) is 5.97. The SMILES string of the molecule is Cc1csc(C)c1NC(=O)C1(C(C)(C)C)C2CCCC2CN1C(=O)O. The number of thiophene rings is 1. The van der Waals surface area contributed by atoms with Gasteiger partial charge < -0.3 is 10.4 Å². The number of fused-ring (bicyclic) bond motifs is 1. The Kier molecular flexibility index (Phi) is 4.38. The molecule has 1 aromatic heterocycles. The highest BCUT2D eigenvalue weighted by atomic mass is 32.1. The van der Waals surface area contributed by atoms with Gasteiger partial charge in [-0.2, -0.15) is 0 Å². The molecule has 1 aliphatic heterocycles. The first-order valence-corrected chi connectivity index (χ1v) is 9.85. The number of likely N-dealkylation sites (tertiary alicyclic amines) is 1. The van der Waals surface area contributed by atoms with Crippen molar-refractivity contribution in [2.45, 2.75) is 59.4 Å². The average Bonchev–Trinajstić information content (AvgIpc) is 3.15. The molecule has 5 nitrogen and oxygen atoms in total. The Morgan fingerprint density at radius 3 is 2.52 bits per heavy atom. The monoisotopic (exact) mass is 364 g/mol. The molecule has 3 atom stereocenters. The maximum absolute atomic E-state index is 13.6. The Morgan fingerprint density at radius 1 is 1.32 bits per heavy atom. The fourth-order valence-electron chi connectivity index (χ4n) is 5.17. The number of nitrogens with zero attached hydrogens (tertiary/aromatic N) is 1. The van der Waals surface area contributed by atoms with Crippen LogP contribution < -0.4 is 5.32 Å². The molecule has 0 bridgehead atoms. The Morgan fingerprint density at radius 2 is 2.00 bits per heavy atom. The van der Waals surface area contributed by atoms with Gasteiger partial charge in [-0.15, -0.1) is 11.3 Å². The number of aryl methyl sites for hydroxylation is 2. The zero-order valence-corrected chi connectivity index (χ0v) is 16.5. The van der Waals surface area contributed by atoms with E-state index in [2.05, 4.69) is 5.32 Å². The van der Waals surface area contributed by atoms with Crippen LogP contribution >= 0.6 is 11.3 Å². The quantitative estimate of drug-likeness (QED) is 0.812. The number of carbonyl (C=O) groups is 2. The van der Waals surface area contributed by atoms with E-state index in [1.165, 1.54) is 4.90 Å². The van der Waals surface area contributed by atoms with Gasteiger partial charge in [0.05, 0.1) is 5.69 Å². The summed E-state index contributed by atoms with van der Waals surface area (Å²) in [6.07, 6.45) is 2.01. The summed E-state index contributed by atoms with van der Waals surface area (Å²) in [7, 11) is 0. The summed E-state index contributed by atoms with van der Waals surface area (Å²) in [4.78, 5) is 28.2. The van der Waals surface area contributed by atoms with Gasteiger partial charge in [-0.05, 0) is 54.9 Å². The summed E-state index contributed by atoms with van der Waals surface area (Å²) in [6.45, 7) is 10.4. The molecule has 0 aromatic carbocycles. The van der Waals surface area contributed by atoms with Crippen molar-refractivity contribution in [2.24, 2.45) is 17.3 Å². The lowest BCUT2D eigenvalue weighted by Crippen LogP contribution is -2.65. The molecule has 2 N–H and O–H groups in total. The normalized spacial score (nSPS) is 28.9. The largest absolute Gasteiger partial charge is 0.465 e. The standard InChI is InChI=1S/C19H28N2O3S/c1-11-10-25-12(2)15(11)20-16(22)19(18(3,4)5)14-8-6-7-13(14)9-21(19)17(23)24/h10,13-14H,6-9H2,1-5H3,(H,20,22)(H,23,24). The van der Waals surface area contributed by atoms with E-state index >= 15 is 0 Å². The van der Waals surface area contributed by atoms with E-state index in [-0.39, 0.29) is 17.7 Å². The lowest BCUT2D eigenvalue weighted by atomic mass is 9.64. The predicted octanol–water partition coefficient (Wildman–Crippen LogP) is 4.50. The molecule has 138 valence electrons. The summed E-state index contributed by atoms with van der Waals surface area (Å²) in [5.41, 5.74) is 0.353. The molecule has 3 rings (SSSR count). The first-order valence-electron chi connectivity index (χ1n) is 8.97. The molecule has 1 aromatic rings. The molecule has 0 spiro atoms. The molecular formula is C19H28N2O3S.